The second kappa shape index (κ2) is 8.94. The van der Waals surface area contributed by atoms with Gasteiger partial charge in [0.05, 0.1) is 0 Å². The first kappa shape index (κ1) is 17.0. The number of halogens is 1. The lowest BCUT2D eigenvalue weighted by Crippen LogP contribution is -2.26. The van der Waals surface area contributed by atoms with Crippen LogP contribution < -0.4 is 4.74 Å². The van der Waals surface area contributed by atoms with E-state index in [1.807, 2.05) is 12.1 Å². The van der Waals surface area contributed by atoms with Crippen molar-refractivity contribution in [1.82, 2.24) is 4.90 Å². The molecule has 1 saturated heterocycles. The lowest BCUT2D eigenvalue weighted by molar-refractivity contribution is 0.224. The molecule has 0 radical (unpaired) electrons. The van der Waals surface area contributed by atoms with Crippen LogP contribution in [0, 0.1) is 0 Å². The van der Waals surface area contributed by atoms with E-state index in [0.29, 0.717) is 19.6 Å². The fourth-order valence-electron chi connectivity index (χ4n) is 2.82. The van der Waals surface area contributed by atoms with E-state index in [1.165, 1.54) is 30.4 Å². The third-order valence-corrected chi connectivity index (χ3v) is 4.22. The molecule has 0 bridgehead atoms. The van der Waals surface area contributed by atoms with Crippen LogP contribution in [0.25, 0.3) is 5.57 Å². The van der Waals surface area contributed by atoms with Crippen LogP contribution >= 0.6 is 0 Å². The fourth-order valence-corrected chi connectivity index (χ4v) is 2.82. The van der Waals surface area contributed by atoms with E-state index in [0.717, 1.165) is 25.3 Å². The van der Waals surface area contributed by atoms with Gasteiger partial charge in [0, 0.05) is 19.6 Å². The van der Waals surface area contributed by atoms with Gasteiger partial charge in [-0.2, -0.15) is 0 Å². The molecule has 0 unspecified atom stereocenters. The number of nitrogens with zero attached hydrogens (tertiary/aromatic N) is 1. The van der Waals surface area contributed by atoms with Crippen molar-refractivity contribution in [1.29, 1.82) is 0 Å². The molecule has 0 aromatic heterocycles. The SMILES string of the molecule is C=C(CCCCC)c1cccc(OCCN2CC[C@H](F)C2)c1. The zero-order chi connectivity index (χ0) is 15.8. The standard InChI is InChI=1S/C19H28FNO/c1-3-4-5-7-16(2)17-8-6-9-19(14-17)22-13-12-21-11-10-18(20)15-21/h6,8-9,14,18H,2-5,7,10-13,15H2,1H3/t18-/m0/s1. The van der Waals surface area contributed by atoms with Crippen molar-refractivity contribution in [2.24, 2.45) is 0 Å². The zero-order valence-electron chi connectivity index (χ0n) is 13.7. The van der Waals surface area contributed by atoms with E-state index in [9.17, 15) is 4.39 Å². The Morgan fingerprint density at radius 3 is 3.00 bits per heavy atom. The minimum absolute atomic E-state index is 0.553. The molecule has 2 nitrogen and oxygen atoms in total. The molecular formula is C19H28FNO. The van der Waals surface area contributed by atoms with E-state index in [4.69, 9.17) is 4.74 Å². The smallest absolute Gasteiger partial charge is 0.119 e. The van der Waals surface area contributed by atoms with Gasteiger partial charge in [0.2, 0.25) is 0 Å². The summed E-state index contributed by atoms with van der Waals surface area (Å²) >= 11 is 0. The molecule has 3 heteroatoms. The highest BCUT2D eigenvalue weighted by Gasteiger charge is 2.21. The van der Waals surface area contributed by atoms with Crippen molar-refractivity contribution in [2.75, 3.05) is 26.2 Å². The van der Waals surface area contributed by atoms with Crippen LogP contribution in [0.2, 0.25) is 0 Å². The zero-order valence-corrected chi connectivity index (χ0v) is 13.7. The Hall–Kier alpha value is -1.35. The molecule has 1 heterocycles. The number of alkyl halides is 1. The Kier molecular flexibility index (Phi) is 6.91. The van der Waals surface area contributed by atoms with Gasteiger partial charge in [0.15, 0.2) is 0 Å². The molecule has 2 rings (SSSR count). The molecule has 0 N–H and O–H groups in total. The molecule has 1 aliphatic rings. The summed E-state index contributed by atoms with van der Waals surface area (Å²) in [7, 11) is 0. The summed E-state index contributed by atoms with van der Waals surface area (Å²) in [4.78, 5) is 2.12. The predicted molar refractivity (Wildman–Crippen MR) is 91.1 cm³/mol. The van der Waals surface area contributed by atoms with Crippen LogP contribution in [0.15, 0.2) is 30.8 Å². The van der Waals surface area contributed by atoms with Crippen molar-refractivity contribution in [3.05, 3.63) is 36.4 Å². The second-order valence-electron chi connectivity index (χ2n) is 6.12. The van der Waals surface area contributed by atoms with E-state index in [1.54, 1.807) is 0 Å². The predicted octanol–water partition coefficient (Wildman–Crippen LogP) is 4.70. The topological polar surface area (TPSA) is 12.5 Å². The molecule has 0 saturated carbocycles. The van der Waals surface area contributed by atoms with Gasteiger partial charge in [-0.15, -0.1) is 0 Å². The minimum Gasteiger partial charge on any atom is -0.492 e. The van der Waals surface area contributed by atoms with Gasteiger partial charge in [0.25, 0.3) is 0 Å². The van der Waals surface area contributed by atoms with E-state index in [2.05, 4.69) is 30.5 Å². The fraction of sp³-hybridized carbons (Fsp3) is 0.579. The largest absolute Gasteiger partial charge is 0.492 e. The van der Waals surface area contributed by atoms with Gasteiger partial charge >= 0.3 is 0 Å². The summed E-state index contributed by atoms with van der Waals surface area (Å²) in [6, 6.07) is 8.15. The monoisotopic (exact) mass is 305 g/mol. The van der Waals surface area contributed by atoms with Crippen LogP contribution in [0.5, 0.6) is 5.75 Å². The molecule has 1 fully saturated rings. The molecule has 22 heavy (non-hydrogen) atoms. The van der Waals surface area contributed by atoms with Gasteiger partial charge < -0.3 is 4.74 Å². The van der Waals surface area contributed by atoms with Gasteiger partial charge in [0.1, 0.15) is 18.5 Å². The molecule has 1 aromatic rings. The van der Waals surface area contributed by atoms with Crippen molar-refractivity contribution in [3.63, 3.8) is 0 Å². The maximum atomic E-state index is 13.1. The molecule has 0 amide bonds. The number of hydrogen-bond acceptors (Lipinski definition) is 2. The lowest BCUT2D eigenvalue weighted by Gasteiger charge is -2.15. The maximum absolute atomic E-state index is 13.1. The summed E-state index contributed by atoms with van der Waals surface area (Å²) < 4.78 is 18.9. The Bertz CT molecular complexity index is 474. The summed E-state index contributed by atoms with van der Waals surface area (Å²) in [5.74, 6) is 0.880. The highest BCUT2D eigenvalue weighted by Crippen LogP contribution is 2.23. The van der Waals surface area contributed by atoms with Gasteiger partial charge in [-0.1, -0.05) is 38.5 Å². The van der Waals surface area contributed by atoms with E-state index >= 15 is 0 Å². The molecule has 1 atom stereocenters. The van der Waals surface area contributed by atoms with Crippen molar-refractivity contribution in [2.45, 2.75) is 45.2 Å². The molecule has 0 aliphatic carbocycles. The highest BCUT2D eigenvalue weighted by atomic mass is 19.1. The van der Waals surface area contributed by atoms with Crippen molar-refractivity contribution < 1.29 is 9.13 Å². The Morgan fingerprint density at radius 1 is 1.41 bits per heavy atom. The van der Waals surface area contributed by atoms with Crippen LogP contribution in [-0.2, 0) is 0 Å². The summed E-state index contributed by atoms with van der Waals surface area (Å²) in [6.07, 6.45) is 4.72. The number of likely N-dealkylation sites (tertiary alicyclic amines) is 1. The lowest BCUT2D eigenvalue weighted by atomic mass is 10.0. The third-order valence-electron chi connectivity index (χ3n) is 4.22. The number of rotatable bonds is 9. The second-order valence-corrected chi connectivity index (χ2v) is 6.12. The normalized spacial score (nSPS) is 18.5. The Labute approximate surface area is 134 Å². The number of ether oxygens (including phenoxy) is 1. The number of benzene rings is 1. The van der Waals surface area contributed by atoms with Crippen molar-refractivity contribution >= 4 is 5.57 Å². The van der Waals surface area contributed by atoms with Crippen LogP contribution in [0.1, 0.15) is 44.6 Å². The van der Waals surface area contributed by atoms with E-state index < -0.39 is 6.17 Å². The van der Waals surface area contributed by atoms with Gasteiger partial charge in [-0.3, -0.25) is 4.90 Å². The summed E-state index contributed by atoms with van der Waals surface area (Å²) in [6.45, 7) is 9.20. The Morgan fingerprint density at radius 2 is 2.27 bits per heavy atom. The highest BCUT2D eigenvalue weighted by molar-refractivity contribution is 5.64. The van der Waals surface area contributed by atoms with Gasteiger partial charge in [-0.25, -0.2) is 4.39 Å². The van der Waals surface area contributed by atoms with E-state index in [-0.39, 0.29) is 0 Å². The average Bonchev–Trinajstić information content (AvgIpc) is 2.93. The minimum atomic E-state index is -0.658. The maximum Gasteiger partial charge on any atom is 0.119 e. The number of allylic oxidation sites excluding steroid dienone is 1. The number of unbranched alkanes of at least 4 members (excludes halogenated alkanes) is 2. The van der Waals surface area contributed by atoms with Gasteiger partial charge in [-0.05, 0) is 42.5 Å². The van der Waals surface area contributed by atoms with Crippen LogP contribution in [0.4, 0.5) is 4.39 Å². The average molecular weight is 305 g/mol. The Balaban J connectivity index is 1.77. The molecule has 1 aliphatic heterocycles. The molecule has 1 aromatic carbocycles. The first-order valence-corrected chi connectivity index (χ1v) is 8.46. The number of hydrogen-bond donors (Lipinski definition) is 0. The summed E-state index contributed by atoms with van der Waals surface area (Å²) in [5.41, 5.74) is 2.34. The quantitative estimate of drug-likeness (QED) is 0.613. The molecule has 0 spiro atoms. The third kappa shape index (κ3) is 5.45. The van der Waals surface area contributed by atoms with Crippen LogP contribution in [0.3, 0.4) is 0 Å². The first-order valence-electron chi connectivity index (χ1n) is 8.46. The molecule has 122 valence electrons. The van der Waals surface area contributed by atoms with Crippen LogP contribution in [-0.4, -0.2) is 37.3 Å². The molecular weight excluding hydrogens is 277 g/mol. The first-order chi connectivity index (χ1) is 10.7. The summed E-state index contributed by atoms with van der Waals surface area (Å²) in [5, 5.41) is 0. The van der Waals surface area contributed by atoms with Crippen molar-refractivity contribution in [3.8, 4) is 5.75 Å².